The van der Waals surface area contributed by atoms with Gasteiger partial charge in [-0.2, -0.15) is 0 Å². The van der Waals surface area contributed by atoms with Crippen molar-refractivity contribution in [2.45, 2.75) is 58.9 Å². The van der Waals surface area contributed by atoms with Gasteiger partial charge in [0.15, 0.2) is 0 Å². The number of carbonyl (C=O) groups excluding carboxylic acids is 1. The van der Waals surface area contributed by atoms with Crippen molar-refractivity contribution in [1.82, 2.24) is 15.0 Å². The first-order valence-corrected chi connectivity index (χ1v) is 10.5. The molecule has 5 fully saturated rings. The molecule has 0 atom stereocenters. The maximum Gasteiger partial charge on any atom is 0.228 e. The van der Waals surface area contributed by atoms with Crippen LogP contribution in [0.15, 0.2) is 4.52 Å². The molecule has 5 aliphatic rings. The summed E-state index contributed by atoms with van der Waals surface area (Å²) < 4.78 is 5.29. The van der Waals surface area contributed by atoms with Crippen molar-refractivity contribution in [3.05, 3.63) is 17.0 Å². The van der Waals surface area contributed by atoms with Gasteiger partial charge < -0.3 is 9.42 Å². The Morgan fingerprint density at radius 2 is 1.62 bits per heavy atom. The Labute approximate surface area is 156 Å². The molecule has 0 unspecified atom stereocenters. The molecule has 2 heterocycles. The summed E-state index contributed by atoms with van der Waals surface area (Å²) in [6.07, 6.45) is 7.73. The Bertz CT molecular complexity index is 647. The first kappa shape index (κ1) is 16.8. The van der Waals surface area contributed by atoms with Crippen LogP contribution < -0.4 is 0 Å². The van der Waals surface area contributed by atoms with Crippen LogP contribution in [-0.2, 0) is 11.3 Å². The van der Waals surface area contributed by atoms with Gasteiger partial charge in [0, 0.05) is 38.3 Å². The zero-order valence-electron chi connectivity index (χ0n) is 16.2. The van der Waals surface area contributed by atoms with Gasteiger partial charge in [0.25, 0.3) is 0 Å². The van der Waals surface area contributed by atoms with E-state index < -0.39 is 0 Å². The Hall–Kier alpha value is -1.36. The Kier molecular flexibility index (Phi) is 3.93. The maximum atomic E-state index is 13.5. The minimum absolute atomic E-state index is 0.0125. The molecule has 5 nitrogen and oxygen atoms in total. The summed E-state index contributed by atoms with van der Waals surface area (Å²) in [6, 6.07) is 0. The number of carbonyl (C=O) groups is 1. The van der Waals surface area contributed by atoms with E-state index in [1.807, 2.05) is 13.8 Å². The molecule has 142 valence electrons. The lowest BCUT2D eigenvalue weighted by atomic mass is 9.49. The summed E-state index contributed by atoms with van der Waals surface area (Å²) in [5.74, 6) is 3.94. The van der Waals surface area contributed by atoms with E-state index in [9.17, 15) is 4.79 Å². The number of aromatic nitrogens is 1. The molecule has 1 saturated heterocycles. The molecule has 4 bridgehead atoms. The van der Waals surface area contributed by atoms with E-state index in [0.717, 1.165) is 61.9 Å². The van der Waals surface area contributed by atoms with Crippen LogP contribution >= 0.6 is 0 Å². The zero-order valence-corrected chi connectivity index (χ0v) is 16.2. The molecule has 4 saturated carbocycles. The second-order valence-corrected chi connectivity index (χ2v) is 9.57. The van der Waals surface area contributed by atoms with Gasteiger partial charge in [-0.3, -0.25) is 9.69 Å². The van der Waals surface area contributed by atoms with Crippen LogP contribution in [0.5, 0.6) is 0 Å². The van der Waals surface area contributed by atoms with Crippen molar-refractivity contribution < 1.29 is 9.32 Å². The summed E-state index contributed by atoms with van der Waals surface area (Å²) >= 11 is 0. The highest BCUT2D eigenvalue weighted by Crippen LogP contribution is 2.60. The van der Waals surface area contributed by atoms with Crippen LogP contribution in [-0.4, -0.2) is 47.0 Å². The van der Waals surface area contributed by atoms with Crippen LogP contribution in [0, 0.1) is 37.0 Å². The van der Waals surface area contributed by atoms with E-state index >= 15 is 0 Å². The largest absolute Gasteiger partial charge is 0.361 e. The van der Waals surface area contributed by atoms with Crippen molar-refractivity contribution in [3.8, 4) is 0 Å². The summed E-state index contributed by atoms with van der Waals surface area (Å²) in [7, 11) is 0. The lowest BCUT2D eigenvalue weighted by Gasteiger charge is -2.57. The van der Waals surface area contributed by atoms with Crippen molar-refractivity contribution >= 4 is 5.91 Å². The number of hydrogen-bond donors (Lipinski definition) is 0. The minimum atomic E-state index is 0.0125. The van der Waals surface area contributed by atoms with Gasteiger partial charge in [-0.15, -0.1) is 0 Å². The highest BCUT2D eigenvalue weighted by molar-refractivity contribution is 5.83. The van der Waals surface area contributed by atoms with Crippen molar-refractivity contribution in [2.24, 2.45) is 23.2 Å². The predicted molar refractivity (Wildman–Crippen MR) is 98.4 cm³/mol. The third kappa shape index (κ3) is 2.70. The molecule has 1 amide bonds. The molecule has 0 spiro atoms. The van der Waals surface area contributed by atoms with Gasteiger partial charge in [-0.05, 0) is 70.1 Å². The lowest BCUT2D eigenvalue weighted by Crippen LogP contribution is -2.58. The van der Waals surface area contributed by atoms with Crippen molar-refractivity contribution in [1.29, 1.82) is 0 Å². The fourth-order valence-electron chi connectivity index (χ4n) is 6.77. The van der Waals surface area contributed by atoms with E-state index in [1.54, 1.807) is 0 Å². The Morgan fingerprint density at radius 3 is 2.12 bits per heavy atom. The molecule has 1 aliphatic heterocycles. The van der Waals surface area contributed by atoms with Gasteiger partial charge in [0.1, 0.15) is 5.76 Å². The maximum absolute atomic E-state index is 13.5. The topological polar surface area (TPSA) is 49.6 Å². The third-order valence-electron chi connectivity index (χ3n) is 7.71. The van der Waals surface area contributed by atoms with Crippen LogP contribution in [0.4, 0.5) is 0 Å². The number of nitrogens with zero attached hydrogens (tertiary/aromatic N) is 3. The van der Waals surface area contributed by atoms with E-state index in [4.69, 9.17) is 4.52 Å². The lowest BCUT2D eigenvalue weighted by molar-refractivity contribution is -0.159. The molecule has 0 aromatic carbocycles. The van der Waals surface area contributed by atoms with Crippen LogP contribution in [0.3, 0.4) is 0 Å². The molecule has 0 radical (unpaired) electrons. The molecule has 1 aromatic heterocycles. The summed E-state index contributed by atoms with van der Waals surface area (Å²) in [6.45, 7) is 8.57. The van der Waals surface area contributed by atoms with E-state index in [-0.39, 0.29) is 5.41 Å². The molecule has 26 heavy (non-hydrogen) atoms. The van der Waals surface area contributed by atoms with Crippen molar-refractivity contribution in [3.63, 3.8) is 0 Å². The number of amides is 1. The third-order valence-corrected chi connectivity index (χ3v) is 7.71. The normalized spacial score (nSPS) is 36.7. The minimum Gasteiger partial charge on any atom is -0.361 e. The van der Waals surface area contributed by atoms with Gasteiger partial charge in [-0.25, -0.2) is 0 Å². The first-order chi connectivity index (χ1) is 12.5. The Morgan fingerprint density at radius 1 is 1.04 bits per heavy atom. The highest BCUT2D eigenvalue weighted by atomic mass is 16.5. The fourth-order valence-corrected chi connectivity index (χ4v) is 6.77. The molecular formula is C21H31N3O2. The predicted octanol–water partition coefficient (Wildman–Crippen LogP) is 3.15. The molecular weight excluding hydrogens is 326 g/mol. The van der Waals surface area contributed by atoms with E-state index in [1.165, 1.54) is 44.1 Å². The molecule has 4 aliphatic carbocycles. The smallest absolute Gasteiger partial charge is 0.228 e. The first-order valence-electron chi connectivity index (χ1n) is 10.5. The second kappa shape index (κ2) is 6.08. The SMILES string of the molecule is Cc1noc(C)c1CN1CCN(C(=O)C23CC4CC(CC(C4)C2)C3)CC1. The average molecular weight is 357 g/mol. The van der Waals surface area contributed by atoms with Crippen LogP contribution in [0.2, 0.25) is 0 Å². The molecule has 1 aromatic rings. The van der Waals surface area contributed by atoms with Gasteiger partial charge >= 0.3 is 0 Å². The van der Waals surface area contributed by atoms with Gasteiger partial charge in [-0.1, -0.05) is 5.16 Å². The summed E-state index contributed by atoms with van der Waals surface area (Å²) in [5.41, 5.74) is 2.22. The van der Waals surface area contributed by atoms with Crippen molar-refractivity contribution in [2.75, 3.05) is 26.2 Å². The second-order valence-electron chi connectivity index (χ2n) is 9.57. The number of aryl methyl sites for hydroxylation is 2. The van der Waals surface area contributed by atoms with Crippen LogP contribution in [0.25, 0.3) is 0 Å². The molecule has 5 heteroatoms. The number of rotatable bonds is 3. The van der Waals surface area contributed by atoms with Gasteiger partial charge in [0.2, 0.25) is 5.91 Å². The Balaban J connectivity index is 1.22. The standard InChI is InChI=1S/C21H31N3O2/c1-14-19(15(2)26-22-14)13-23-3-5-24(6-4-23)20(25)21-10-16-7-17(11-21)9-18(8-16)12-21/h16-18H,3-13H2,1-2H3. The summed E-state index contributed by atoms with van der Waals surface area (Å²) in [5, 5.41) is 4.06. The molecule has 0 N–H and O–H groups in total. The summed E-state index contributed by atoms with van der Waals surface area (Å²) in [4.78, 5) is 18.1. The highest BCUT2D eigenvalue weighted by Gasteiger charge is 2.55. The number of piperazine rings is 1. The quantitative estimate of drug-likeness (QED) is 0.834. The fraction of sp³-hybridized carbons (Fsp3) is 0.810. The van der Waals surface area contributed by atoms with E-state index in [2.05, 4.69) is 15.0 Å². The van der Waals surface area contributed by atoms with E-state index in [0.29, 0.717) is 5.91 Å². The number of hydrogen-bond acceptors (Lipinski definition) is 4. The average Bonchev–Trinajstić information content (AvgIpc) is 2.93. The monoisotopic (exact) mass is 357 g/mol. The van der Waals surface area contributed by atoms with Gasteiger partial charge in [0.05, 0.1) is 11.1 Å². The zero-order chi connectivity index (χ0) is 17.9. The molecule has 6 rings (SSSR count). The van der Waals surface area contributed by atoms with Crippen LogP contribution in [0.1, 0.15) is 55.5 Å².